The van der Waals surface area contributed by atoms with Crippen molar-refractivity contribution >= 4 is 11.6 Å². The molecule has 0 aromatic rings. The highest BCUT2D eigenvalue weighted by Crippen LogP contribution is 2.01. The fourth-order valence-corrected chi connectivity index (χ4v) is 0.755. The average Bonchev–Trinajstić information content (AvgIpc) is 1.88. The first kappa shape index (κ1) is 8.52. The smallest absolute Gasteiger partial charge is 0.0944 e. The number of rotatable bonds is 3. The summed E-state index contributed by atoms with van der Waals surface area (Å²) in [5, 5.41) is 8.41. The van der Waals surface area contributed by atoms with Crippen LogP contribution in [0.4, 0.5) is 0 Å². The lowest BCUT2D eigenvalue weighted by Gasteiger charge is -1.89. The SMILES string of the molecule is CCC=C(C#N)CCCl. The minimum absolute atomic E-state index is 0.541. The van der Waals surface area contributed by atoms with Gasteiger partial charge in [0.15, 0.2) is 0 Å². The van der Waals surface area contributed by atoms with Gasteiger partial charge < -0.3 is 0 Å². The van der Waals surface area contributed by atoms with E-state index in [2.05, 4.69) is 6.07 Å². The van der Waals surface area contributed by atoms with Crippen molar-refractivity contribution < 1.29 is 0 Å². The van der Waals surface area contributed by atoms with Crippen LogP contribution in [0.5, 0.6) is 0 Å². The van der Waals surface area contributed by atoms with Crippen molar-refractivity contribution in [2.75, 3.05) is 5.88 Å². The van der Waals surface area contributed by atoms with Gasteiger partial charge in [0, 0.05) is 11.5 Å². The summed E-state index contributed by atoms with van der Waals surface area (Å²) in [6.07, 6.45) is 3.52. The summed E-state index contributed by atoms with van der Waals surface area (Å²) in [4.78, 5) is 0. The number of hydrogen-bond acceptors (Lipinski definition) is 1. The number of alkyl halides is 1. The zero-order valence-electron chi connectivity index (χ0n) is 5.52. The highest BCUT2D eigenvalue weighted by molar-refractivity contribution is 6.18. The molecule has 0 aromatic heterocycles. The highest BCUT2D eigenvalue weighted by Gasteiger charge is 1.90. The summed E-state index contributed by atoms with van der Waals surface area (Å²) < 4.78 is 0. The van der Waals surface area contributed by atoms with Crippen LogP contribution in [0.2, 0.25) is 0 Å². The van der Waals surface area contributed by atoms with Gasteiger partial charge in [0.25, 0.3) is 0 Å². The molecule has 0 radical (unpaired) electrons. The molecule has 0 aliphatic carbocycles. The van der Waals surface area contributed by atoms with Crippen LogP contribution < -0.4 is 0 Å². The third-order valence-corrected chi connectivity index (χ3v) is 1.15. The zero-order chi connectivity index (χ0) is 7.11. The summed E-state index contributed by atoms with van der Waals surface area (Å²) in [5.41, 5.74) is 0.799. The normalized spacial score (nSPS) is 11.0. The maximum Gasteiger partial charge on any atom is 0.0944 e. The largest absolute Gasteiger partial charge is 0.193 e. The Hall–Kier alpha value is -0.480. The van der Waals surface area contributed by atoms with Crippen molar-refractivity contribution in [3.63, 3.8) is 0 Å². The number of nitriles is 1. The molecule has 0 bridgehead atoms. The van der Waals surface area contributed by atoms with Gasteiger partial charge >= 0.3 is 0 Å². The van der Waals surface area contributed by atoms with Crippen LogP contribution in [-0.2, 0) is 0 Å². The Kier molecular flexibility index (Phi) is 5.35. The Morgan fingerprint density at radius 3 is 2.78 bits per heavy atom. The second-order valence-electron chi connectivity index (χ2n) is 1.69. The van der Waals surface area contributed by atoms with Crippen LogP contribution in [0.1, 0.15) is 19.8 Å². The third-order valence-electron chi connectivity index (χ3n) is 0.958. The standard InChI is InChI=1S/C7H10ClN/c1-2-3-7(6-9)4-5-8/h3H,2,4-5H2,1H3. The van der Waals surface area contributed by atoms with E-state index in [0.29, 0.717) is 12.3 Å². The first-order valence-electron chi connectivity index (χ1n) is 3.00. The van der Waals surface area contributed by atoms with Crippen LogP contribution in [0.15, 0.2) is 11.6 Å². The molecule has 50 valence electrons. The van der Waals surface area contributed by atoms with Gasteiger partial charge in [-0.2, -0.15) is 5.26 Å². The van der Waals surface area contributed by atoms with Crippen LogP contribution in [-0.4, -0.2) is 5.88 Å². The number of hydrogen-bond donors (Lipinski definition) is 0. The molecule has 0 aromatic carbocycles. The molecule has 0 N–H and O–H groups in total. The van der Waals surface area contributed by atoms with E-state index in [1.807, 2.05) is 13.0 Å². The maximum atomic E-state index is 8.41. The van der Waals surface area contributed by atoms with E-state index in [-0.39, 0.29) is 0 Å². The Bertz CT molecular complexity index is 132. The summed E-state index contributed by atoms with van der Waals surface area (Å²) >= 11 is 5.42. The molecule has 0 heterocycles. The van der Waals surface area contributed by atoms with Crippen LogP contribution in [0.25, 0.3) is 0 Å². The quantitative estimate of drug-likeness (QED) is 0.440. The Morgan fingerprint density at radius 1 is 1.78 bits per heavy atom. The second-order valence-corrected chi connectivity index (χ2v) is 2.07. The number of halogens is 1. The summed E-state index contributed by atoms with van der Waals surface area (Å²) in [7, 11) is 0. The molecule has 2 heteroatoms. The molecule has 0 aliphatic rings. The van der Waals surface area contributed by atoms with Crippen LogP contribution in [0.3, 0.4) is 0 Å². The fraction of sp³-hybridized carbons (Fsp3) is 0.571. The Labute approximate surface area is 60.9 Å². The molecule has 0 saturated heterocycles. The first-order chi connectivity index (χ1) is 4.35. The van der Waals surface area contributed by atoms with Gasteiger partial charge in [-0.05, 0) is 12.8 Å². The molecule has 0 atom stereocenters. The van der Waals surface area contributed by atoms with Gasteiger partial charge in [-0.1, -0.05) is 13.0 Å². The lowest BCUT2D eigenvalue weighted by molar-refractivity contribution is 1.11. The molecule has 0 amide bonds. The maximum absolute atomic E-state index is 8.41. The number of allylic oxidation sites excluding steroid dienone is 2. The van der Waals surface area contributed by atoms with E-state index in [1.165, 1.54) is 0 Å². The summed E-state index contributed by atoms with van der Waals surface area (Å²) in [5.74, 6) is 0.541. The van der Waals surface area contributed by atoms with Crippen molar-refractivity contribution in [2.24, 2.45) is 0 Å². The molecule has 0 unspecified atom stereocenters. The molecular formula is C7H10ClN. The minimum atomic E-state index is 0.541. The van der Waals surface area contributed by atoms with Gasteiger partial charge in [0.05, 0.1) is 6.07 Å². The van der Waals surface area contributed by atoms with E-state index in [1.54, 1.807) is 0 Å². The molecule has 0 aliphatic heterocycles. The van der Waals surface area contributed by atoms with E-state index in [0.717, 1.165) is 12.0 Å². The topological polar surface area (TPSA) is 23.8 Å². The van der Waals surface area contributed by atoms with Gasteiger partial charge in [0.2, 0.25) is 0 Å². The predicted octanol–water partition coefficient (Wildman–Crippen LogP) is 2.48. The van der Waals surface area contributed by atoms with Crippen LogP contribution in [0, 0.1) is 11.3 Å². The molecule has 0 saturated carbocycles. The zero-order valence-corrected chi connectivity index (χ0v) is 6.28. The molecule has 0 spiro atoms. The highest BCUT2D eigenvalue weighted by atomic mass is 35.5. The Morgan fingerprint density at radius 2 is 2.44 bits per heavy atom. The van der Waals surface area contributed by atoms with Crippen molar-refractivity contribution in [2.45, 2.75) is 19.8 Å². The molecule has 0 fully saturated rings. The van der Waals surface area contributed by atoms with Crippen LogP contribution >= 0.6 is 11.6 Å². The first-order valence-corrected chi connectivity index (χ1v) is 3.53. The van der Waals surface area contributed by atoms with Gasteiger partial charge in [-0.15, -0.1) is 11.6 Å². The van der Waals surface area contributed by atoms with Crippen molar-refractivity contribution in [3.05, 3.63) is 11.6 Å². The third kappa shape index (κ3) is 4.05. The van der Waals surface area contributed by atoms with Crippen molar-refractivity contribution in [1.82, 2.24) is 0 Å². The second kappa shape index (κ2) is 5.65. The summed E-state index contributed by atoms with van der Waals surface area (Å²) in [6, 6.07) is 2.08. The fourth-order valence-electron chi connectivity index (χ4n) is 0.552. The van der Waals surface area contributed by atoms with Gasteiger partial charge in [-0.25, -0.2) is 0 Å². The van der Waals surface area contributed by atoms with E-state index in [9.17, 15) is 0 Å². The Balaban J connectivity index is 3.71. The van der Waals surface area contributed by atoms with Crippen molar-refractivity contribution in [1.29, 1.82) is 5.26 Å². The lowest BCUT2D eigenvalue weighted by Crippen LogP contribution is -1.79. The van der Waals surface area contributed by atoms with E-state index in [4.69, 9.17) is 16.9 Å². The molecular weight excluding hydrogens is 134 g/mol. The molecule has 0 rings (SSSR count). The predicted molar refractivity (Wildman–Crippen MR) is 39.3 cm³/mol. The monoisotopic (exact) mass is 143 g/mol. The minimum Gasteiger partial charge on any atom is -0.193 e. The van der Waals surface area contributed by atoms with Gasteiger partial charge in [0.1, 0.15) is 0 Å². The van der Waals surface area contributed by atoms with Gasteiger partial charge in [-0.3, -0.25) is 0 Å². The molecule has 9 heavy (non-hydrogen) atoms. The molecule has 1 nitrogen and oxygen atoms in total. The van der Waals surface area contributed by atoms with Crippen molar-refractivity contribution in [3.8, 4) is 6.07 Å². The average molecular weight is 144 g/mol. The van der Waals surface area contributed by atoms with E-state index >= 15 is 0 Å². The lowest BCUT2D eigenvalue weighted by atomic mass is 10.2. The summed E-state index contributed by atoms with van der Waals surface area (Å²) in [6.45, 7) is 2.01. The van der Waals surface area contributed by atoms with E-state index < -0.39 is 0 Å². The number of nitrogens with zero attached hydrogens (tertiary/aromatic N) is 1.